The average molecular weight is 284 g/mol. The third-order valence-electron chi connectivity index (χ3n) is 3.85. The van der Waals surface area contributed by atoms with Gasteiger partial charge in [0.1, 0.15) is 0 Å². The largest absolute Gasteiger partial charge is 0.380 e. The van der Waals surface area contributed by atoms with Gasteiger partial charge in [0, 0.05) is 43.1 Å². The van der Waals surface area contributed by atoms with Crippen LogP contribution in [0.3, 0.4) is 0 Å². The van der Waals surface area contributed by atoms with Gasteiger partial charge in [0.25, 0.3) is 0 Å². The molecule has 1 saturated heterocycles. The van der Waals surface area contributed by atoms with E-state index in [1.54, 1.807) is 12.5 Å². The highest BCUT2D eigenvalue weighted by Gasteiger charge is 2.25. The van der Waals surface area contributed by atoms with Crippen LogP contribution in [0.1, 0.15) is 18.5 Å². The molecule has 1 atom stereocenters. The molecule has 2 aromatic rings. The van der Waals surface area contributed by atoms with Crippen molar-refractivity contribution in [2.24, 2.45) is 0 Å². The molecular weight excluding hydrogens is 264 g/mol. The van der Waals surface area contributed by atoms with E-state index >= 15 is 0 Å². The number of nitrogens with zero attached hydrogens (tertiary/aromatic N) is 2. The number of rotatable bonds is 5. The molecule has 5 nitrogen and oxygen atoms in total. The summed E-state index contributed by atoms with van der Waals surface area (Å²) in [5, 5.41) is 3.49. The van der Waals surface area contributed by atoms with Crippen LogP contribution in [0.2, 0.25) is 0 Å². The third-order valence-corrected chi connectivity index (χ3v) is 3.85. The minimum atomic E-state index is 0.224. The first-order chi connectivity index (χ1) is 10.3. The Hall–Kier alpha value is -2.30. The Morgan fingerprint density at radius 1 is 1.38 bits per heavy atom. The molecule has 3 rings (SSSR count). The maximum atomic E-state index is 12.2. The average Bonchev–Trinajstić information content (AvgIpc) is 3.17. The molecule has 1 aliphatic heterocycles. The van der Waals surface area contributed by atoms with Crippen molar-refractivity contribution in [1.82, 2.24) is 14.9 Å². The minimum absolute atomic E-state index is 0.224. The van der Waals surface area contributed by atoms with E-state index in [1.165, 1.54) is 0 Å². The summed E-state index contributed by atoms with van der Waals surface area (Å²) in [7, 11) is 0. The number of aryl methyl sites for hydroxylation is 1. The lowest BCUT2D eigenvalue weighted by Gasteiger charge is -2.17. The van der Waals surface area contributed by atoms with Gasteiger partial charge in [-0.2, -0.15) is 0 Å². The van der Waals surface area contributed by atoms with E-state index in [1.807, 2.05) is 23.1 Å². The van der Waals surface area contributed by atoms with Gasteiger partial charge in [-0.15, -0.1) is 0 Å². The highest BCUT2D eigenvalue weighted by molar-refractivity contribution is 5.76. The molecule has 1 fully saturated rings. The topological polar surface area (TPSA) is 61.0 Å². The summed E-state index contributed by atoms with van der Waals surface area (Å²) in [4.78, 5) is 21.2. The van der Waals surface area contributed by atoms with Gasteiger partial charge >= 0.3 is 0 Å². The summed E-state index contributed by atoms with van der Waals surface area (Å²) >= 11 is 0. The second-order valence-electron chi connectivity index (χ2n) is 5.41. The van der Waals surface area contributed by atoms with E-state index in [4.69, 9.17) is 0 Å². The molecule has 1 aromatic heterocycles. The van der Waals surface area contributed by atoms with Crippen LogP contribution in [0.15, 0.2) is 42.9 Å². The van der Waals surface area contributed by atoms with E-state index in [2.05, 4.69) is 27.4 Å². The number of hydrogen-bond acceptors (Lipinski definition) is 3. The Bertz CT molecular complexity index is 567. The van der Waals surface area contributed by atoms with Crippen molar-refractivity contribution in [1.29, 1.82) is 0 Å². The predicted molar refractivity (Wildman–Crippen MR) is 82.0 cm³/mol. The Labute approximate surface area is 124 Å². The van der Waals surface area contributed by atoms with Gasteiger partial charge in [-0.25, -0.2) is 4.98 Å². The van der Waals surface area contributed by atoms with Gasteiger partial charge in [-0.05, 0) is 25.0 Å². The highest BCUT2D eigenvalue weighted by Crippen LogP contribution is 2.16. The monoisotopic (exact) mass is 284 g/mol. The van der Waals surface area contributed by atoms with Crippen molar-refractivity contribution < 1.29 is 4.79 Å². The second-order valence-corrected chi connectivity index (χ2v) is 5.41. The Morgan fingerprint density at radius 3 is 3.00 bits per heavy atom. The number of carbonyl (C=O) groups is 1. The molecule has 0 radical (unpaired) electrons. The van der Waals surface area contributed by atoms with Crippen LogP contribution >= 0.6 is 0 Å². The summed E-state index contributed by atoms with van der Waals surface area (Å²) in [6.45, 7) is 1.63. The summed E-state index contributed by atoms with van der Waals surface area (Å²) < 4.78 is 0. The predicted octanol–water partition coefficient (Wildman–Crippen LogP) is 2.06. The number of imidazole rings is 1. The number of para-hydroxylation sites is 1. The second kappa shape index (κ2) is 6.43. The zero-order chi connectivity index (χ0) is 14.5. The summed E-state index contributed by atoms with van der Waals surface area (Å²) in [6.07, 6.45) is 5.70. The van der Waals surface area contributed by atoms with Crippen molar-refractivity contribution in [2.45, 2.75) is 25.3 Å². The first-order valence-electron chi connectivity index (χ1n) is 7.38. The first-order valence-corrected chi connectivity index (χ1v) is 7.38. The zero-order valence-corrected chi connectivity index (χ0v) is 12.0. The van der Waals surface area contributed by atoms with Crippen LogP contribution in [0.25, 0.3) is 0 Å². The molecule has 2 N–H and O–H groups in total. The molecule has 21 heavy (non-hydrogen) atoms. The molecule has 0 aliphatic carbocycles. The maximum Gasteiger partial charge on any atom is 0.223 e. The summed E-state index contributed by atoms with van der Waals surface area (Å²) in [5.74, 6) is 0.224. The van der Waals surface area contributed by atoms with Crippen LogP contribution < -0.4 is 5.32 Å². The lowest BCUT2D eigenvalue weighted by atomic mass is 10.2. The van der Waals surface area contributed by atoms with E-state index in [-0.39, 0.29) is 5.91 Å². The van der Waals surface area contributed by atoms with Crippen molar-refractivity contribution >= 4 is 11.6 Å². The number of benzene rings is 1. The third kappa shape index (κ3) is 3.62. The fourth-order valence-electron chi connectivity index (χ4n) is 2.70. The zero-order valence-electron chi connectivity index (χ0n) is 12.0. The molecule has 1 amide bonds. The van der Waals surface area contributed by atoms with Gasteiger partial charge in [0.2, 0.25) is 5.91 Å². The van der Waals surface area contributed by atoms with E-state index in [0.29, 0.717) is 12.5 Å². The number of amides is 1. The summed E-state index contributed by atoms with van der Waals surface area (Å²) in [6, 6.07) is 10.5. The van der Waals surface area contributed by atoms with E-state index in [9.17, 15) is 4.79 Å². The quantitative estimate of drug-likeness (QED) is 0.883. The maximum absolute atomic E-state index is 12.2. The molecule has 5 heteroatoms. The Morgan fingerprint density at radius 2 is 2.24 bits per heavy atom. The molecule has 0 saturated carbocycles. The summed E-state index contributed by atoms with van der Waals surface area (Å²) in [5.41, 5.74) is 2.13. The molecule has 1 aliphatic rings. The number of aromatic amines is 1. The highest BCUT2D eigenvalue weighted by atomic mass is 16.2. The first kappa shape index (κ1) is 13.7. The van der Waals surface area contributed by atoms with Crippen LogP contribution in [0.5, 0.6) is 0 Å². The van der Waals surface area contributed by atoms with Crippen molar-refractivity contribution in [3.05, 3.63) is 48.5 Å². The normalized spacial score (nSPS) is 17.9. The van der Waals surface area contributed by atoms with Gasteiger partial charge < -0.3 is 15.2 Å². The van der Waals surface area contributed by atoms with Crippen molar-refractivity contribution in [3.8, 4) is 0 Å². The molecule has 1 unspecified atom stereocenters. The van der Waals surface area contributed by atoms with E-state index in [0.717, 1.165) is 37.3 Å². The van der Waals surface area contributed by atoms with Crippen molar-refractivity contribution in [2.75, 3.05) is 18.4 Å². The Kier molecular flexibility index (Phi) is 4.19. The minimum Gasteiger partial charge on any atom is -0.380 e. The molecular formula is C16H20N4O. The smallest absolute Gasteiger partial charge is 0.223 e. The molecule has 1 aromatic carbocycles. The lowest BCUT2D eigenvalue weighted by molar-refractivity contribution is -0.130. The fraction of sp³-hybridized carbons (Fsp3) is 0.375. The fourth-order valence-corrected chi connectivity index (χ4v) is 2.70. The SMILES string of the molecule is O=C(CCc1cnc[nH]1)N1CCC(Nc2ccccc2)C1. The standard InChI is InChI=1S/C16H20N4O/c21-16(7-6-14-10-17-12-18-14)20-9-8-15(11-20)19-13-4-2-1-3-5-13/h1-5,10,12,15,19H,6-9,11H2,(H,17,18). The Balaban J connectivity index is 1.46. The van der Waals surface area contributed by atoms with Gasteiger partial charge in [0.05, 0.1) is 6.33 Å². The number of anilines is 1. The molecule has 0 spiro atoms. The lowest BCUT2D eigenvalue weighted by Crippen LogP contribution is -2.31. The number of carbonyl (C=O) groups excluding carboxylic acids is 1. The van der Waals surface area contributed by atoms with E-state index < -0.39 is 0 Å². The van der Waals surface area contributed by atoms with Gasteiger partial charge in [0.15, 0.2) is 0 Å². The molecule has 2 heterocycles. The van der Waals surface area contributed by atoms with Crippen LogP contribution in [0, 0.1) is 0 Å². The van der Waals surface area contributed by atoms with Crippen molar-refractivity contribution in [3.63, 3.8) is 0 Å². The van der Waals surface area contributed by atoms with Crippen LogP contribution in [-0.2, 0) is 11.2 Å². The molecule has 110 valence electrons. The van der Waals surface area contributed by atoms with Crippen LogP contribution in [-0.4, -0.2) is 39.9 Å². The number of nitrogens with one attached hydrogen (secondary N) is 2. The number of hydrogen-bond donors (Lipinski definition) is 2. The molecule has 0 bridgehead atoms. The number of aromatic nitrogens is 2. The number of likely N-dealkylation sites (tertiary alicyclic amines) is 1. The van der Waals surface area contributed by atoms with Crippen LogP contribution in [0.4, 0.5) is 5.69 Å². The van der Waals surface area contributed by atoms with Gasteiger partial charge in [-0.3, -0.25) is 4.79 Å². The number of H-pyrrole nitrogens is 1. The van der Waals surface area contributed by atoms with Gasteiger partial charge in [-0.1, -0.05) is 18.2 Å².